The summed E-state index contributed by atoms with van der Waals surface area (Å²) in [5.41, 5.74) is 5.53. The van der Waals surface area contributed by atoms with Crippen molar-refractivity contribution in [3.63, 3.8) is 0 Å². The molecule has 1 amide bonds. The van der Waals surface area contributed by atoms with Gasteiger partial charge in [-0.15, -0.1) is 0 Å². The molecule has 0 radical (unpaired) electrons. The monoisotopic (exact) mass is 168 g/mol. The SMILES string of the molecule is CC(CN)N1CC2CC(C2)C1=O. The molecular weight excluding hydrogens is 152 g/mol. The number of carbonyl (C=O) groups is 1. The first-order valence-corrected chi connectivity index (χ1v) is 4.73. The first-order valence-electron chi connectivity index (χ1n) is 4.73. The zero-order valence-electron chi connectivity index (χ0n) is 7.49. The van der Waals surface area contributed by atoms with Crippen LogP contribution in [0.25, 0.3) is 0 Å². The zero-order chi connectivity index (χ0) is 8.72. The summed E-state index contributed by atoms with van der Waals surface area (Å²) in [6.45, 7) is 3.57. The largest absolute Gasteiger partial charge is 0.338 e. The Morgan fingerprint density at radius 1 is 1.67 bits per heavy atom. The highest BCUT2D eigenvalue weighted by atomic mass is 16.2. The number of hydrogen-bond donors (Lipinski definition) is 1. The average Bonchev–Trinajstić information content (AvgIpc) is 2.01. The second-order valence-corrected chi connectivity index (χ2v) is 4.11. The lowest BCUT2D eigenvalue weighted by Crippen LogP contribution is -2.57. The van der Waals surface area contributed by atoms with Crippen LogP contribution in [0.4, 0.5) is 0 Å². The maximum atomic E-state index is 11.6. The maximum Gasteiger partial charge on any atom is 0.225 e. The van der Waals surface area contributed by atoms with Gasteiger partial charge in [-0.25, -0.2) is 0 Å². The standard InChI is InChI=1S/C9H16N2O/c1-6(4-10)11-5-7-2-8(3-7)9(11)12/h6-8H,2-5,10H2,1H3. The summed E-state index contributed by atoms with van der Waals surface area (Å²) in [5, 5.41) is 0. The quantitative estimate of drug-likeness (QED) is 0.640. The van der Waals surface area contributed by atoms with Gasteiger partial charge in [-0.05, 0) is 25.7 Å². The molecule has 68 valence electrons. The van der Waals surface area contributed by atoms with E-state index < -0.39 is 0 Å². The summed E-state index contributed by atoms with van der Waals surface area (Å²) in [4.78, 5) is 13.6. The van der Waals surface area contributed by atoms with Crippen LogP contribution in [0, 0.1) is 11.8 Å². The Labute approximate surface area is 72.9 Å². The van der Waals surface area contributed by atoms with Gasteiger partial charge in [0.15, 0.2) is 0 Å². The normalized spacial score (nSPS) is 36.2. The van der Waals surface area contributed by atoms with Gasteiger partial charge >= 0.3 is 0 Å². The van der Waals surface area contributed by atoms with Crippen molar-refractivity contribution in [2.24, 2.45) is 17.6 Å². The molecule has 2 saturated heterocycles. The van der Waals surface area contributed by atoms with Crippen molar-refractivity contribution in [3.8, 4) is 0 Å². The van der Waals surface area contributed by atoms with Gasteiger partial charge in [0.2, 0.25) is 5.91 Å². The first kappa shape index (κ1) is 8.05. The van der Waals surface area contributed by atoms with E-state index in [1.54, 1.807) is 0 Å². The number of carbonyl (C=O) groups excluding carboxylic acids is 1. The molecule has 1 atom stereocenters. The molecule has 0 aromatic heterocycles. The molecule has 12 heavy (non-hydrogen) atoms. The molecule has 3 heteroatoms. The van der Waals surface area contributed by atoms with Crippen LogP contribution in [0.1, 0.15) is 19.8 Å². The fourth-order valence-electron chi connectivity index (χ4n) is 2.21. The lowest BCUT2D eigenvalue weighted by atomic mass is 9.70. The Morgan fingerprint density at radius 3 is 2.83 bits per heavy atom. The molecule has 2 bridgehead atoms. The van der Waals surface area contributed by atoms with Gasteiger partial charge < -0.3 is 10.6 Å². The summed E-state index contributed by atoms with van der Waals surface area (Å²) in [5.74, 6) is 1.47. The molecule has 0 aromatic rings. The molecule has 3 nitrogen and oxygen atoms in total. The van der Waals surface area contributed by atoms with Gasteiger partial charge in [-0.2, -0.15) is 0 Å². The lowest BCUT2D eigenvalue weighted by Gasteiger charge is -2.48. The Kier molecular flexibility index (Phi) is 1.83. The van der Waals surface area contributed by atoms with E-state index in [0.29, 0.717) is 18.4 Å². The molecule has 3 rings (SSSR count). The average molecular weight is 168 g/mol. The molecule has 1 saturated carbocycles. The summed E-state index contributed by atoms with van der Waals surface area (Å²) in [6.07, 6.45) is 2.26. The molecule has 1 unspecified atom stereocenters. The summed E-state index contributed by atoms with van der Waals surface area (Å²) >= 11 is 0. The minimum atomic E-state index is 0.239. The Morgan fingerprint density at radius 2 is 2.33 bits per heavy atom. The van der Waals surface area contributed by atoms with E-state index in [1.165, 1.54) is 0 Å². The van der Waals surface area contributed by atoms with E-state index in [1.807, 2.05) is 11.8 Å². The molecule has 0 aromatic carbocycles. The summed E-state index contributed by atoms with van der Waals surface area (Å²) in [7, 11) is 0. The number of piperidine rings is 2. The van der Waals surface area contributed by atoms with Gasteiger partial charge in [-0.3, -0.25) is 4.79 Å². The van der Waals surface area contributed by atoms with Crippen LogP contribution in [-0.2, 0) is 4.79 Å². The van der Waals surface area contributed by atoms with Gasteiger partial charge in [-0.1, -0.05) is 0 Å². The topological polar surface area (TPSA) is 46.3 Å². The number of amides is 1. The predicted molar refractivity (Wildman–Crippen MR) is 46.4 cm³/mol. The number of hydrogen-bond acceptors (Lipinski definition) is 2. The van der Waals surface area contributed by atoms with Crippen LogP contribution in [0.3, 0.4) is 0 Å². The molecule has 3 fully saturated rings. The fraction of sp³-hybridized carbons (Fsp3) is 0.889. The van der Waals surface area contributed by atoms with Crippen LogP contribution in [0.15, 0.2) is 0 Å². The smallest absolute Gasteiger partial charge is 0.225 e. The number of nitrogens with zero attached hydrogens (tertiary/aromatic N) is 1. The second kappa shape index (κ2) is 2.73. The highest BCUT2D eigenvalue weighted by molar-refractivity contribution is 5.81. The van der Waals surface area contributed by atoms with Crippen molar-refractivity contribution in [1.82, 2.24) is 4.90 Å². The highest BCUT2D eigenvalue weighted by Gasteiger charge is 2.44. The van der Waals surface area contributed by atoms with Crippen molar-refractivity contribution in [3.05, 3.63) is 0 Å². The van der Waals surface area contributed by atoms with E-state index in [-0.39, 0.29) is 6.04 Å². The third-order valence-electron chi connectivity index (χ3n) is 3.20. The van der Waals surface area contributed by atoms with E-state index in [9.17, 15) is 4.79 Å². The molecule has 2 N–H and O–H groups in total. The van der Waals surface area contributed by atoms with Crippen molar-refractivity contribution < 1.29 is 4.79 Å². The minimum Gasteiger partial charge on any atom is -0.338 e. The maximum absolute atomic E-state index is 11.6. The summed E-state index contributed by atoms with van der Waals surface area (Å²) in [6, 6.07) is 0.239. The zero-order valence-corrected chi connectivity index (χ0v) is 7.49. The van der Waals surface area contributed by atoms with Gasteiger partial charge in [0, 0.05) is 25.0 Å². The third-order valence-corrected chi connectivity index (χ3v) is 3.20. The lowest BCUT2D eigenvalue weighted by molar-refractivity contribution is -0.151. The molecule has 2 aliphatic heterocycles. The van der Waals surface area contributed by atoms with E-state index >= 15 is 0 Å². The Hall–Kier alpha value is -0.570. The molecule has 3 aliphatic rings. The first-order chi connectivity index (χ1) is 5.72. The number of nitrogens with two attached hydrogens (primary N) is 1. The van der Waals surface area contributed by atoms with Crippen LogP contribution < -0.4 is 5.73 Å². The van der Waals surface area contributed by atoms with Crippen molar-refractivity contribution >= 4 is 5.91 Å². The number of fused-ring (bicyclic) bond motifs is 2. The van der Waals surface area contributed by atoms with Crippen LogP contribution in [-0.4, -0.2) is 29.9 Å². The third kappa shape index (κ3) is 1.04. The fourth-order valence-corrected chi connectivity index (χ4v) is 2.21. The van der Waals surface area contributed by atoms with E-state index in [2.05, 4.69) is 0 Å². The van der Waals surface area contributed by atoms with Crippen LogP contribution >= 0.6 is 0 Å². The minimum absolute atomic E-state index is 0.239. The second-order valence-electron chi connectivity index (χ2n) is 4.11. The van der Waals surface area contributed by atoms with Gasteiger partial charge in [0.05, 0.1) is 0 Å². The predicted octanol–water partition coefficient (Wildman–Crippen LogP) is 0.202. The summed E-state index contributed by atoms with van der Waals surface area (Å²) < 4.78 is 0. The van der Waals surface area contributed by atoms with Crippen molar-refractivity contribution in [2.75, 3.05) is 13.1 Å². The van der Waals surface area contributed by atoms with E-state index in [4.69, 9.17) is 5.73 Å². The molecule has 1 aliphatic carbocycles. The van der Waals surface area contributed by atoms with Gasteiger partial charge in [0.25, 0.3) is 0 Å². The molecule has 0 spiro atoms. The van der Waals surface area contributed by atoms with Crippen molar-refractivity contribution in [2.45, 2.75) is 25.8 Å². The number of rotatable bonds is 2. The van der Waals surface area contributed by atoms with Crippen molar-refractivity contribution in [1.29, 1.82) is 0 Å². The van der Waals surface area contributed by atoms with E-state index in [0.717, 1.165) is 25.3 Å². The Bertz CT molecular complexity index is 199. The molecular formula is C9H16N2O. The molecule has 2 heterocycles. The highest BCUT2D eigenvalue weighted by Crippen LogP contribution is 2.40. The van der Waals surface area contributed by atoms with Gasteiger partial charge in [0.1, 0.15) is 0 Å². The van der Waals surface area contributed by atoms with Crippen LogP contribution in [0.5, 0.6) is 0 Å². The van der Waals surface area contributed by atoms with Crippen LogP contribution in [0.2, 0.25) is 0 Å². The Balaban J connectivity index is 2.03.